The van der Waals surface area contributed by atoms with Crippen LogP contribution in [0.4, 0.5) is 13.2 Å². The van der Waals surface area contributed by atoms with Crippen LogP contribution in [0.2, 0.25) is 0 Å². The molecule has 2 aromatic carbocycles. The number of phenols is 1. The molecule has 0 fully saturated rings. The lowest BCUT2D eigenvalue weighted by atomic mass is 10.1. The number of phenolic OH excluding ortho intramolecular Hbond substituents is 1. The molecule has 0 atom stereocenters. The summed E-state index contributed by atoms with van der Waals surface area (Å²) < 4.78 is 68.8. The maximum Gasteiger partial charge on any atom is 0.534 e. The summed E-state index contributed by atoms with van der Waals surface area (Å²) in [6, 6.07) is 8.95. The first-order valence-corrected chi connectivity index (χ1v) is 8.51. The van der Waals surface area contributed by atoms with E-state index in [1.165, 1.54) is 12.1 Å². The maximum atomic E-state index is 12.5. The van der Waals surface area contributed by atoms with Crippen LogP contribution >= 0.6 is 0 Å². The molecule has 7 nitrogen and oxygen atoms in total. The summed E-state index contributed by atoms with van der Waals surface area (Å²) >= 11 is 0. The number of rotatable bonds is 3. The van der Waals surface area contributed by atoms with Crippen LogP contribution in [0.25, 0.3) is 22.3 Å². The van der Waals surface area contributed by atoms with Crippen molar-refractivity contribution in [3.05, 3.63) is 52.7 Å². The second-order valence-electron chi connectivity index (χ2n) is 5.27. The van der Waals surface area contributed by atoms with Gasteiger partial charge in [-0.2, -0.15) is 21.6 Å². The standard InChI is InChI=1S/C16H9F3O7S/c17-16(18,19)27(23,24)26-9-6-10(20)12-11(7-9)25-15(14(22)13(12)21)8-4-2-1-3-5-8/h1-7,20,22H. The smallest absolute Gasteiger partial charge is 0.507 e. The largest absolute Gasteiger partial charge is 0.534 e. The molecule has 1 heterocycles. The van der Waals surface area contributed by atoms with Crippen molar-refractivity contribution in [1.29, 1.82) is 0 Å². The van der Waals surface area contributed by atoms with Crippen molar-refractivity contribution in [2.45, 2.75) is 5.51 Å². The van der Waals surface area contributed by atoms with Crippen molar-refractivity contribution >= 4 is 21.1 Å². The molecule has 0 saturated carbocycles. The van der Waals surface area contributed by atoms with Gasteiger partial charge in [-0.3, -0.25) is 4.79 Å². The lowest BCUT2D eigenvalue weighted by molar-refractivity contribution is -0.0500. The van der Waals surface area contributed by atoms with E-state index in [2.05, 4.69) is 4.18 Å². The molecule has 3 rings (SSSR count). The SMILES string of the molecule is O=c1c(O)c(-c2ccccc2)oc2cc(OS(=O)(=O)C(F)(F)F)cc(O)c12. The fourth-order valence-corrected chi connectivity index (χ4v) is 2.72. The molecule has 0 aliphatic rings. The van der Waals surface area contributed by atoms with Crippen molar-refractivity contribution in [3.63, 3.8) is 0 Å². The van der Waals surface area contributed by atoms with Gasteiger partial charge in [-0.25, -0.2) is 0 Å². The van der Waals surface area contributed by atoms with Crippen LogP contribution in [-0.4, -0.2) is 24.1 Å². The third-order valence-electron chi connectivity index (χ3n) is 3.45. The minimum absolute atomic E-state index is 0.266. The highest BCUT2D eigenvalue weighted by Gasteiger charge is 2.48. The van der Waals surface area contributed by atoms with E-state index in [1.54, 1.807) is 18.2 Å². The zero-order valence-corrected chi connectivity index (χ0v) is 13.8. The highest BCUT2D eigenvalue weighted by atomic mass is 32.2. The molecule has 1 aromatic heterocycles. The minimum Gasteiger partial charge on any atom is -0.507 e. The Balaban J connectivity index is 2.23. The Kier molecular flexibility index (Phi) is 4.26. The van der Waals surface area contributed by atoms with E-state index >= 15 is 0 Å². The summed E-state index contributed by atoms with van der Waals surface area (Å²) in [5.74, 6) is -3.00. The number of halogens is 3. The third kappa shape index (κ3) is 3.28. The summed E-state index contributed by atoms with van der Waals surface area (Å²) in [4.78, 5) is 12.3. The molecule has 0 spiro atoms. The third-order valence-corrected chi connectivity index (χ3v) is 4.43. The van der Waals surface area contributed by atoms with Gasteiger partial charge in [-0.15, -0.1) is 0 Å². The Hall–Kier alpha value is -3.21. The van der Waals surface area contributed by atoms with Crippen LogP contribution in [0.3, 0.4) is 0 Å². The summed E-state index contributed by atoms with van der Waals surface area (Å²) in [5.41, 5.74) is -6.97. The van der Waals surface area contributed by atoms with Gasteiger partial charge in [-0.1, -0.05) is 30.3 Å². The normalized spacial score (nSPS) is 12.3. The minimum atomic E-state index is -6.00. The number of benzene rings is 2. The van der Waals surface area contributed by atoms with Crippen LogP contribution in [-0.2, 0) is 10.1 Å². The number of hydrogen-bond acceptors (Lipinski definition) is 7. The quantitative estimate of drug-likeness (QED) is 0.511. The molecule has 0 aliphatic carbocycles. The fraction of sp³-hybridized carbons (Fsp3) is 0.0625. The van der Waals surface area contributed by atoms with Gasteiger partial charge in [0.2, 0.25) is 11.2 Å². The Morgan fingerprint density at radius 1 is 1.04 bits per heavy atom. The monoisotopic (exact) mass is 402 g/mol. The highest BCUT2D eigenvalue weighted by molar-refractivity contribution is 7.88. The zero-order valence-electron chi connectivity index (χ0n) is 13.0. The van der Waals surface area contributed by atoms with E-state index < -0.39 is 49.3 Å². The van der Waals surface area contributed by atoms with Crippen LogP contribution < -0.4 is 9.61 Å². The first-order valence-electron chi connectivity index (χ1n) is 7.10. The lowest BCUT2D eigenvalue weighted by Crippen LogP contribution is -2.28. The Morgan fingerprint density at radius 3 is 2.26 bits per heavy atom. The molecule has 11 heteroatoms. The molecule has 3 aromatic rings. The second-order valence-corrected chi connectivity index (χ2v) is 6.81. The molecular weight excluding hydrogens is 393 g/mol. The van der Waals surface area contributed by atoms with Gasteiger partial charge < -0.3 is 18.8 Å². The molecular formula is C16H9F3O7S. The lowest BCUT2D eigenvalue weighted by Gasteiger charge is -2.11. The molecule has 27 heavy (non-hydrogen) atoms. The first-order chi connectivity index (χ1) is 12.5. The molecule has 0 bridgehead atoms. The van der Waals surface area contributed by atoms with Crippen LogP contribution in [0.5, 0.6) is 17.2 Å². The predicted octanol–water partition coefficient (Wildman–Crippen LogP) is 3.10. The molecule has 0 amide bonds. The Labute approximate surface area is 149 Å². The topological polar surface area (TPSA) is 114 Å². The number of hydrogen-bond donors (Lipinski definition) is 2. The fourth-order valence-electron chi connectivity index (χ4n) is 2.27. The first kappa shape index (κ1) is 18.6. The predicted molar refractivity (Wildman–Crippen MR) is 86.9 cm³/mol. The van der Waals surface area contributed by atoms with E-state index in [0.717, 1.165) is 0 Å². The number of aromatic hydroxyl groups is 2. The summed E-state index contributed by atoms with van der Waals surface area (Å²) in [5, 5.41) is 19.4. The maximum absolute atomic E-state index is 12.5. The van der Waals surface area contributed by atoms with Crippen molar-refractivity contribution in [3.8, 4) is 28.6 Å². The number of alkyl halides is 3. The zero-order chi connectivity index (χ0) is 20.0. The molecule has 142 valence electrons. The van der Waals surface area contributed by atoms with Crippen molar-refractivity contribution < 1.29 is 40.4 Å². The summed E-state index contributed by atoms with van der Waals surface area (Å²) in [6.07, 6.45) is 0. The van der Waals surface area contributed by atoms with Gasteiger partial charge in [0.15, 0.2) is 5.76 Å². The van der Waals surface area contributed by atoms with Gasteiger partial charge in [0, 0.05) is 17.7 Å². The van der Waals surface area contributed by atoms with Gasteiger partial charge in [0.25, 0.3) is 0 Å². The summed E-state index contributed by atoms with van der Waals surface area (Å²) in [6.45, 7) is 0. The molecule has 0 saturated heterocycles. The van der Waals surface area contributed by atoms with E-state index in [1.807, 2.05) is 0 Å². The van der Waals surface area contributed by atoms with Crippen LogP contribution in [0.1, 0.15) is 0 Å². The van der Waals surface area contributed by atoms with Crippen molar-refractivity contribution in [1.82, 2.24) is 0 Å². The van der Waals surface area contributed by atoms with E-state index in [-0.39, 0.29) is 11.3 Å². The molecule has 0 radical (unpaired) electrons. The summed E-state index contributed by atoms with van der Waals surface area (Å²) in [7, 11) is -6.00. The highest BCUT2D eigenvalue weighted by Crippen LogP contribution is 2.36. The number of fused-ring (bicyclic) bond motifs is 1. The van der Waals surface area contributed by atoms with Gasteiger partial charge in [-0.05, 0) is 0 Å². The van der Waals surface area contributed by atoms with Gasteiger partial charge in [0.1, 0.15) is 22.5 Å². The van der Waals surface area contributed by atoms with Crippen LogP contribution in [0.15, 0.2) is 51.7 Å². The second kappa shape index (κ2) is 6.20. The van der Waals surface area contributed by atoms with E-state index in [9.17, 15) is 36.6 Å². The Bertz CT molecular complexity index is 1180. The van der Waals surface area contributed by atoms with Gasteiger partial charge in [0.05, 0.1) is 0 Å². The average Bonchev–Trinajstić information content (AvgIpc) is 2.57. The van der Waals surface area contributed by atoms with Crippen LogP contribution in [0, 0.1) is 0 Å². The van der Waals surface area contributed by atoms with Crippen molar-refractivity contribution in [2.75, 3.05) is 0 Å². The molecule has 0 unspecified atom stereocenters. The Morgan fingerprint density at radius 2 is 1.67 bits per heavy atom. The van der Waals surface area contributed by atoms with Gasteiger partial charge >= 0.3 is 15.6 Å². The molecule has 2 N–H and O–H groups in total. The van der Waals surface area contributed by atoms with Crippen molar-refractivity contribution in [2.24, 2.45) is 0 Å². The van der Waals surface area contributed by atoms with E-state index in [4.69, 9.17) is 4.42 Å². The average molecular weight is 402 g/mol. The van der Waals surface area contributed by atoms with E-state index in [0.29, 0.717) is 12.1 Å². The molecule has 0 aliphatic heterocycles.